The molecular formula is C12H8F3N3O2. The van der Waals surface area contributed by atoms with Gasteiger partial charge in [-0.25, -0.2) is 9.48 Å². The number of hydrogen-bond donors (Lipinski definition) is 1. The van der Waals surface area contributed by atoms with E-state index in [0.717, 1.165) is 17.0 Å². The molecule has 2 heterocycles. The number of hydrogen-bond acceptors (Lipinski definition) is 3. The second kappa shape index (κ2) is 5.16. The van der Waals surface area contributed by atoms with Crippen LogP contribution in [0.15, 0.2) is 36.9 Å². The van der Waals surface area contributed by atoms with Crippen LogP contribution in [-0.4, -0.2) is 25.8 Å². The molecule has 0 aromatic carbocycles. The standard InChI is InChI=1S/C12H8F3N3O2/c13-12(14,15)9-5-17-18(7-9)10-3-8(4-16-6-10)1-2-11(19)20/h1-7H,(H,19,20)/b2-1+. The third-order valence-electron chi connectivity index (χ3n) is 2.34. The summed E-state index contributed by atoms with van der Waals surface area (Å²) < 4.78 is 38.4. The van der Waals surface area contributed by atoms with Gasteiger partial charge in [0.1, 0.15) is 0 Å². The number of aromatic nitrogens is 3. The van der Waals surface area contributed by atoms with Crippen LogP contribution >= 0.6 is 0 Å². The van der Waals surface area contributed by atoms with Gasteiger partial charge in [0.25, 0.3) is 0 Å². The minimum atomic E-state index is -4.47. The molecule has 2 rings (SSSR count). The lowest BCUT2D eigenvalue weighted by atomic mass is 10.2. The zero-order chi connectivity index (χ0) is 14.8. The molecule has 0 fully saturated rings. The zero-order valence-electron chi connectivity index (χ0n) is 9.87. The van der Waals surface area contributed by atoms with Crippen LogP contribution in [0.5, 0.6) is 0 Å². The fourth-order valence-corrected chi connectivity index (χ4v) is 1.44. The third-order valence-corrected chi connectivity index (χ3v) is 2.34. The predicted molar refractivity (Wildman–Crippen MR) is 63.0 cm³/mol. The molecule has 5 nitrogen and oxygen atoms in total. The zero-order valence-corrected chi connectivity index (χ0v) is 9.87. The van der Waals surface area contributed by atoms with Crippen molar-refractivity contribution < 1.29 is 23.1 Å². The molecule has 0 spiro atoms. The Hall–Kier alpha value is -2.64. The molecule has 0 atom stereocenters. The van der Waals surface area contributed by atoms with Crippen molar-refractivity contribution in [3.63, 3.8) is 0 Å². The smallest absolute Gasteiger partial charge is 0.419 e. The maximum Gasteiger partial charge on any atom is 0.419 e. The van der Waals surface area contributed by atoms with E-state index in [4.69, 9.17) is 5.11 Å². The average molecular weight is 283 g/mol. The molecule has 104 valence electrons. The van der Waals surface area contributed by atoms with Crippen molar-refractivity contribution >= 4 is 12.0 Å². The van der Waals surface area contributed by atoms with Gasteiger partial charge in [0.2, 0.25) is 0 Å². The largest absolute Gasteiger partial charge is 0.478 e. The van der Waals surface area contributed by atoms with Crippen LogP contribution in [0.1, 0.15) is 11.1 Å². The fraction of sp³-hybridized carbons (Fsp3) is 0.0833. The molecule has 0 aliphatic heterocycles. The summed E-state index contributed by atoms with van der Waals surface area (Å²) in [6.45, 7) is 0. The first-order valence-electron chi connectivity index (χ1n) is 5.34. The van der Waals surface area contributed by atoms with Crippen LogP contribution in [0.4, 0.5) is 13.2 Å². The van der Waals surface area contributed by atoms with Gasteiger partial charge in [-0.3, -0.25) is 4.98 Å². The van der Waals surface area contributed by atoms with Crippen LogP contribution in [-0.2, 0) is 11.0 Å². The summed E-state index contributed by atoms with van der Waals surface area (Å²) in [5.74, 6) is -1.13. The first-order valence-corrected chi connectivity index (χ1v) is 5.34. The monoisotopic (exact) mass is 283 g/mol. The highest BCUT2D eigenvalue weighted by atomic mass is 19.4. The SMILES string of the molecule is O=C(O)/C=C/c1cncc(-n2cc(C(F)(F)F)cn2)c1. The molecule has 0 unspecified atom stereocenters. The summed E-state index contributed by atoms with van der Waals surface area (Å²) in [6.07, 6.45) is 1.98. The molecular weight excluding hydrogens is 275 g/mol. The van der Waals surface area contributed by atoms with Crippen LogP contribution < -0.4 is 0 Å². The van der Waals surface area contributed by atoms with E-state index in [-0.39, 0.29) is 0 Å². The Morgan fingerprint density at radius 3 is 2.65 bits per heavy atom. The highest BCUT2D eigenvalue weighted by Gasteiger charge is 2.32. The summed E-state index contributed by atoms with van der Waals surface area (Å²) in [7, 11) is 0. The van der Waals surface area contributed by atoms with Crippen molar-refractivity contribution in [3.8, 4) is 5.69 Å². The lowest BCUT2D eigenvalue weighted by Gasteiger charge is -2.03. The molecule has 0 saturated heterocycles. The lowest BCUT2D eigenvalue weighted by molar-refractivity contribution is -0.137. The van der Waals surface area contributed by atoms with Gasteiger partial charge in [-0.1, -0.05) is 0 Å². The Morgan fingerprint density at radius 2 is 2.05 bits per heavy atom. The molecule has 20 heavy (non-hydrogen) atoms. The number of carboxylic acids is 1. The maximum atomic E-state index is 12.5. The van der Waals surface area contributed by atoms with Gasteiger partial charge in [0.05, 0.1) is 23.6 Å². The number of aliphatic carboxylic acids is 1. The minimum Gasteiger partial charge on any atom is -0.478 e. The average Bonchev–Trinajstić information content (AvgIpc) is 2.86. The van der Waals surface area contributed by atoms with Gasteiger partial charge in [-0.15, -0.1) is 0 Å². The van der Waals surface area contributed by atoms with Crippen molar-refractivity contribution in [3.05, 3.63) is 48.1 Å². The topological polar surface area (TPSA) is 68.0 Å². The van der Waals surface area contributed by atoms with Gasteiger partial charge >= 0.3 is 12.1 Å². The van der Waals surface area contributed by atoms with Crippen molar-refractivity contribution in [1.29, 1.82) is 0 Å². The van der Waals surface area contributed by atoms with Gasteiger partial charge in [0, 0.05) is 18.5 Å². The van der Waals surface area contributed by atoms with Crippen LogP contribution in [0, 0.1) is 0 Å². The van der Waals surface area contributed by atoms with E-state index in [1.54, 1.807) is 0 Å². The third kappa shape index (κ3) is 3.22. The summed E-state index contributed by atoms with van der Waals surface area (Å²) >= 11 is 0. The van der Waals surface area contributed by atoms with Crippen LogP contribution in [0.25, 0.3) is 11.8 Å². The van der Waals surface area contributed by atoms with E-state index in [0.29, 0.717) is 17.4 Å². The van der Waals surface area contributed by atoms with E-state index >= 15 is 0 Å². The van der Waals surface area contributed by atoms with E-state index < -0.39 is 17.7 Å². The molecule has 0 radical (unpaired) electrons. The predicted octanol–water partition coefficient (Wildman–Crippen LogP) is 2.38. The number of nitrogens with zero attached hydrogens (tertiary/aromatic N) is 3. The minimum absolute atomic E-state index is 0.299. The Kier molecular flexibility index (Phi) is 3.55. The molecule has 2 aromatic heterocycles. The summed E-state index contributed by atoms with van der Waals surface area (Å²) in [4.78, 5) is 14.2. The quantitative estimate of drug-likeness (QED) is 0.878. The number of carboxylic acid groups (broad SMARTS) is 1. The second-order valence-corrected chi connectivity index (χ2v) is 3.82. The number of pyridine rings is 1. The summed E-state index contributed by atoms with van der Waals surface area (Å²) in [6, 6.07) is 1.47. The first kappa shape index (κ1) is 13.8. The Balaban J connectivity index is 2.31. The summed E-state index contributed by atoms with van der Waals surface area (Å²) in [5.41, 5.74) is -0.133. The molecule has 0 saturated carbocycles. The highest BCUT2D eigenvalue weighted by Crippen LogP contribution is 2.29. The van der Waals surface area contributed by atoms with E-state index in [1.807, 2.05) is 0 Å². The molecule has 0 bridgehead atoms. The number of alkyl halides is 3. The van der Waals surface area contributed by atoms with E-state index in [2.05, 4.69) is 10.1 Å². The lowest BCUT2D eigenvalue weighted by Crippen LogP contribution is -2.03. The molecule has 0 amide bonds. The van der Waals surface area contributed by atoms with Crippen molar-refractivity contribution in [2.75, 3.05) is 0 Å². The Morgan fingerprint density at radius 1 is 1.30 bits per heavy atom. The molecule has 1 N–H and O–H groups in total. The maximum absolute atomic E-state index is 12.5. The van der Waals surface area contributed by atoms with Crippen LogP contribution in [0.2, 0.25) is 0 Å². The van der Waals surface area contributed by atoms with Gasteiger partial charge in [-0.05, 0) is 17.7 Å². The van der Waals surface area contributed by atoms with Crippen molar-refractivity contribution in [2.24, 2.45) is 0 Å². The Bertz CT molecular complexity index is 662. The second-order valence-electron chi connectivity index (χ2n) is 3.82. The fourth-order valence-electron chi connectivity index (χ4n) is 1.44. The first-order chi connectivity index (χ1) is 9.36. The van der Waals surface area contributed by atoms with Gasteiger partial charge in [-0.2, -0.15) is 18.3 Å². The van der Waals surface area contributed by atoms with Crippen LogP contribution in [0.3, 0.4) is 0 Å². The van der Waals surface area contributed by atoms with Crippen molar-refractivity contribution in [1.82, 2.24) is 14.8 Å². The Labute approximate surface area is 111 Å². The van der Waals surface area contributed by atoms with E-state index in [1.165, 1.54) is 24.5 Å². The number of halogens is 3. The number of carbonyl (C=O) groups is 1. The molecule has 0 aliphatic carbocycles. The highest BCUT2D eigenvalue weighted by molar-refractivity contribution is 5.85. The van der Waals surface area contributed by atoms with Gasteiger partial charge < -0.3 is 5.11 Å². The number of rotatable bonds is 3. The molecule has 0 aliphatic rings. The van der Waals surface area contributed by atoms with Gasteiger partial charge in [0.15, 0.2) is 0 Å². The molecule has 8 heteroatoms. The normalized spacial score (nSPS) is 11.9. The van der Waals surface area contributed by atoms with Crippen molar-refractivity contribution in [2.45, 2.75) is 6.18 Å². The van der Waals surface area contributed by atoms with E-state index in [9.17, 15) is 18.0 Å². The summed E-state index contributed by atoms with van der Waals surface area (Å²) in [5, 5.41) is 12.1. The molecule has 2 aromatic rings.